The Morgan fingerprint density at radius 3 is 2.44 bits per heavy atom. The molecular weight excluding hydrogens is 224 g/mol. The molecule has 0 radical (unpaired) electrons. The van der Waals surface area contributed by atoms with Gasteiger partial charge in [0.25, 0.3) is 0 Å². The van der Waals surface area contributed by atoms with Crippen LogP contribution in [0, 0.1) is 11.3 Å². The molecule has 0 saturated carbocycles. The summed E-state index contributed by atoms with van der Waals surface area (Å²) in [5.41, 5.74) is 0.421. The standard InChI is InChI=1S/C14H24N4/c1-14(2,3)11-5-7-18(8-6-11)13-10-16-9-12(15-4)17-13/h9-11H,5-8H2,1-4H3,(H,15,17). The Labute approximate surface area is 110 Å². The average molecular weight is 248 g/mol. The van der Waals surface area contributed by atoms with Gasteiger partial charge in [0.2, 0.25) is 0 Å². The van der Waals surface area contributed by atoms with E-state index in [2.05, 4.69) is 41.0 Å². The van der Waals surface area contributed by atoms with Crippen LogP contribution in [-0.4, -0.2) is 30.1 Å². The van der Waals surface area contributed by atoms with Crippen molar-refractivity contribution in [2.75, 3.05) is 30.4 Å². The van der Waals surface area contributed by atoms with Crippen molar-refractivity contribution in [2.45, 2.75) is 33.6 Å². The SMILES string of the molecule is CNc1cncc(N2CCC(C(C)(C)C)CC2)n1. The molecule has 18 heavy (non-hydrogen) atoms. The lowest BCUT2D eigenvalue weighted by Gasteiger charge is -2.39. The lowest BCUT2D eigenvalue weighted by atomic mass is 9.75. The van der Waals surface area contributed by atoms with Crippen molar-refractivity contribution in [3.63, 3.8) is 0 Å². The number of nitrogens with zero attached hydrogens (tertiary/aromatic N) is 3. The molecule has 1 saturated heterocycles. The monoisotopic (exact) mass is 248 g/mol. The summed E-state index contributed by atoms with van der Waals surface area (Å²) in [5.74, 6) is 2.65. The first-order valence-electron chi connectivity index (χ1n) is 6.75. The smallest absolute Gasteiger partial charge is 0.149 e. The topological polar surface area (TPSA) is 41.1 Å². The first-order valence-corrected chi connectivity index (χ1v) is 6.75. The second-order valence-corrected chi connectivity index (χ2v) is 6.14. The average Bonchev–Trinajstić information content (AvgIpc) is 2.38. The minimum absolute atomic E-state index is 0.421. The molecule has 2 heterocycles. The molecule has 0 aromatic carbocycles. The van der Waals surface area contributed by atoms with Crippen molar-refractivity contribution in [3.05, 3.63) is 12.4 Å². The van der Waals surface area contributed by atoms with Gasteiger partial charge >= 0.3 is 0 Å². The minimum Gasteiger partial charge on any atom is -0.372 e. The van der Waals surface area contributed by atoms with Gasteiger partial charge in [-0.1, -0.05) is 20.8 Å². The van der Waals surface area contributed by atoms with Crippen LogP contribution < -0.4 is 10.2 Å². The predicted octanol–water partition coefficient (Wildman–Crippen LogP) is 2.78. The van der Waals surface area contributed by atoms with E-state index >= 15 is 0 Å². The van der Waals surface area contributed by atoms with E-state index in [1.807, 2.05) is 13.2 Å². The Bertz CT molecular complexity index is 389. The number of anilines is 2. The highest BCUT2D eigenvalue weighted by molar-refractivity contribution is 5.43. The van der Waals surface area contributed by atoms with Crippen molar-refractivity contribution in [2.24, 2.45) is 11.3 Å². The zero-order valence-corrected chi connectivity index (χ0v) is 11.9. The highest BCUT2D eigenvalue weighted by Gasteiger charge is 2.29. The van der Waals surface area contributed by atoms with Gasteiger partial charge in [-0.25, -0.2) is 4.98 Å². The van der Waals surface area contributed by atoms with Crippen molar-refractivity contribution in [3.8, 4) is 0 Å². The van der Waals surface area contributed by atoms with E-state index in [1.54, 1.807) is 6.20 Å². The van der Waals surface area contributed by atoms with Gasteiger partial charge < -0.3 is 10.2 Å². The Morgan fingerprint density at radius 1 is 1.22 bits per heavy atom. The number of rotatable bonds is 2. The summed E-state index contributed by atoms with van der Waals surface area (Å²) in [6.07, 6.45) is 6.10. The highest BCUT2D eigenvalue weighted by Crippen LogP contribution is 2.35. The van der Waals surface area contributed by atoms with E-state index in [-0.39, 0.29) is 0 Å². The first-order chi connectivity index (χ1) is 8.50. The quantitative estimate of drug-likeness (QED) is 0.873. The van der Waals surface area contributed by atoms with Gasteiger partial charge in [-0.2, -0.15) is 0 Å². The van der Waals surface area contributed by atoms with Crippen molar-refractivity contribution < 1.29 is 0 Å². The normalized spacial score (nSPS) is 17.9. The van der Waals surface area contributed by atoms with E-state index in [0.717, 1.165) is 30.6 Å². The highest BCUT2D eigenvalue weighted by atomic mass is 15.2. The Kier molecular flexibility index (Phi) is 3.73. The summed E-state index contributed by atoms with van der Waals surface area (Å²) in [4.78, 5) is 11.1. The molecule has 0 aliphatic carbocycles. The van der Waals surface area contributed by atoms with Crippen LogP contribution in [-0.2, 0) is 0 Å². The van der Waals surface area contributed by atoms with Gasteiger partial charge in [-0.15, -0.1) is 0 Å². The molecule has 4 heteroatoms. The zero-order valence-electron chi connectivity index (χ0n) is 11.9. The van der Waals surface area contributed by atoms with Gasteiger partial charge in [0.1, 0.15) is 11.6 Å². The van der Waals surface area contributed by atoms with Crippen molar-refractivity contribution >= 4 is 11.6 Å². The molecule has 1 aromatic rings. The number of hydrogen-bond acceptors (Lipinski definition) is 4. The van der Waals surface area contributed by atoms with Gasteiger partial charge in [-0.05, 0) is 24.2 Å². The fourth-order valence-corrected chi connectivity index (χ4v) is 2.60. The van der Waals surface area contributed by atoms with Crippen LogP contribution in [0.1, 0.15) is 33.6 Å². The van der Waals surface area contributed by atoms with E-state index in [1.165, 1.54) is 12.8 Å². The molecule has 1 aliphatic heterocycles. The third-order valence-corrected chi connectivity index (χ3v) is 3.92. The summed E-state index contributed by atoms with van der Waals surface area (Å²) in [5, 5.41) is 3.04. The number of piperidine rings is 1. The van der Waals surface area contributed by atoms with Crippen LogP contribution in [0.3, 0.4) is 0 Å². The molecule has 100 valence electrons. The first kappa shape index (κ1) is 13.1. The summed E-state index contributed by atoms with van der Waals surface area (Å²) in [7, 11) is 1.87. The largest absolute Gasteiger partial charge is 0.372 e. The molecule has 0 unspecified atom stereocenters. The van der Waals surface area contributed by atoms with E-state index in [9.17, 15) is 0 Å². The Morgan fingerprint density at radius 2 is 1.89 bits per heavy atom. The third-order valence-electron chi connectivity index (χ3n) is 3.92. The molecule has 2 rings (SSSR count). The molecule has 0 spiro atoms. The molecule has 4 nitrogen and oxygen atoms in total. The van der Waals surface area contributed by atoms with Crippen LogP contribution >= 0.6 is 0 Å². The second kappa shape index (κ2) is 5.12. The van der Waals surface area contributed by atoms with Crippen LogP contribution in [0.25, 0.3) is 0 Å². The van der Waals surface area contributed by atoms with E-state index in [4.69, 9.17) is 0 Å². The molecule has 1 N–H and O–H groups in total. The van der Waals surface area contributed by atoms with Gasteiger partial charge in [-0.3, -0.25) is 4.98 Å². The number of nitrogens with one attached hydrogen (secondary N) is 1. The van der Waals surface area contributed by atoms with E-state index in [0.29, 0.717) is 5.41 Å². The number of hydrogen-bond donors (Lipinski definition) is 1. The summed E-state index contributed by atoms with van der Waals surface area (Å²) >= 11 is 0. The Hall–Kier alpha value is -1.32. The van der Waals surface area contributed by atoms with Gasteiger partial charge in [0, 0.05) is 20.1 Å². The summed E-state index contributed by atoms with van der Waals surface area (Å²) in [6.45, 7) is 9.20. The van der Waals surface area contributed by atoms with Gasteiger partial charge in [0.05, 0.1) is 12.4 Å². The second-order valence-electron chi connectivity index (χ2n) is 6.14. The summed E-state index contributed by atoms with van der Waals surface area (Å²) in [6, 6.07) is 0. The van der Waals surface area contributed by atoms with Crippen LogP contribution in [0.4, 0.5) is 11.6 Å². The predicted molar refractivity (Wildman–Crippen MR) is 76.0 cm³/mol. The minimum atomic E-state index is 0.421. The van der Waals surface area contributed by atoms with Crippen molar-refractivity contribution in [1.82, 2.24) is 9.97 Å². The maximum atomic E-state index is 4.55. The number of aromatic nitrogens is 2. The molecule has 0 atom stereocenters. The molecular formula is C14H24N4. The lowest BCUT2D eigenvalue weighted by Crippen LogP contribution is -2.38. The summed E-state index contributed by atoms with van der Waals surface area (Å²) < 4.78 is 0. The molecule has 1 aliphatic rings. The molecule has 1 aromatic heterocycles. The van der Waals surface area contributed by atoms with E-state index < -0.39 is 0 Å². The molecule has 1 fully saturated rings. The maximum absolute atomic E-state index is 4.55. The maximum Gasteiger partial charge on any atom is 0.149 e. The zero-order chi connectivity index (χ0) is 13.2. The molecule has 0 amide bonds. The van der Waals surface area contributed by atoms with Gasteiger partial charge in [0.15, 0.2) is 0 Å². The lowest BCUT2D eigenvalue weighted by molar-refractivity contribution is 0.198. The third kappa shape index (κ3) is 2.92. The fourth-order valence-electron chi connectivity index (χ4n) is 2.60. The fraction of sp³-hybridized carbons (Fsp3) is 0.714. The van der Waals surface area contributed by atoms with Crippen LogP contribution in [0.2, 0.25) is 0 Å². The Balaban J connectivity index is 2.01. The van der Waals surface area contributed by atoms with Crippen LogP contribution in [0.5, 0.6) is 0 Å². The molecule has 0 bridgehead atoms. The van der Waals surface area contributed by atoms with Crippen molar-refractivity contribution in [1.29, 1.82) is 0 Å². The van der Waals surface area contributed by atoms with Crippen LogP contribution in [0.15, 0.2) is 12.4 Å².